The van der Waals surface area contributed by atoms with E-state index in [9.17, 15) is 0 Å². The molecular formula is C14H29N3. The highest BCUT2D eigenvalue weighted by molar-refractivity contribution is 4.87. The van der Waals surface area contributed by atoms with Crippen LogP contribution in [0.15, 0.2) is 0 Å². The monoisotopic (exact) mass is 239 g/mol. The number of rotatable bonds is 4. The van der Waals surface area contributed by atoms with Crippen LogP contribution < -0.4 is 5.32 Å². The molecule has 0 aromatic rings. The normalized spacial score (nSPS) is 27.2. The van der Waals surface area contributed by atoms with Gasteiger partial charge in [-0.05, 0) is 44.3 Å². The van der Waals surface area contributed by atoms with E-state index in [-0.39, 0.29) is 0 Å². The van der Waals surface area contributed by atoms with Crippen LogP contribution >= 0.6 is 0 Å². The molecule has 0 aliphatic carbocycles. The predicted molar refractivity (Wildman–Crippen MR) is 73.4 cm³/mol. The molecule has 0 atom stereocenters. The second kappa shape index (κ2) is 6.17. The van der Waals surface area contributed by atoms with Gasteiger partial charge < -0.3 is 15.1 Å². The van der Waals surface area contributed by atoms with Crippen molar-refractivity contribution < 1.29 is 0 Å². The first kappa shape index (κ1) is 13.3. The zero-order valence-electron chi connectivity index (χ0n) is 11.7. The maximum absolute atomic E-state index is 3.50. The minimum absolute atomic E-state index is 0.611. The molecule has 1 N–H and O–H groups in total. The van der Waals surface area contributed by atoms with Crippen LogP contribution in [0.2, 0.25) is 0 Å². The summed E-state index contributed by atoms with van der Waals surface area (Å²) < 4.78 is 0. The number of piperazine rings is 1. The molecule has 0 bridgehead atoms. The maximum atomic E-state index is 3.50. The lowest BCUT2D eigenvalue weighted by atomic mass is 9.76. The van der Waals surface area contributed by atoms with Gasteiger partial charge in [-0.3, -0.25) is 0 Å². The fourth-order valence-electron chi connectivity index (χ4n) is 3.32. The summed E-state index contributed by atoms with van der Waals surface area (Å²) in [6.45, 7) is 14.8. The highest BCUT2D eigenvalue weighted by atomic mass is 15.3. The van der Waals surface area contributed by atoms with Gasteiger partial charge in [-0.15, -0.1) is 0 Å². The fourth-order valence-corrected chi connectivity index (χ4v) is 3.32. The molecule has 2 aliphatic rings. The number of hydrogen-bond donors (Lipinski definition) is 1. The SMILES string of the molecule is CCN1CCN(CC2(CC)CCNCC2)CC1. The highest BCUT2D eigenvalue weighted by Gasteiger charge is 2.32. The van der Waals surface area contributed by atoms with E-state index < -0.39 is 0 Å². The van der Waals surface area contributed by atoms with Gasteiger partial charge in [0.2, 0.25) is 0 Å². The summed E-state index contributed by atoms with van der Waals surface area (Å²) in [6.07, 6.45) is 4.09. The van der Waals surface area contributed by atoms with Crippen LogP contribution in [0.4, 0.5) is 0 Å². The van der Waals surface area contributed by atoms with Crippen LogP contribution in [0.1, 0.15) is 33.1 Å². The third kappa shape index (κ3) is 3.43. The number of likely N-dealkylation sites (N-methyl/N-ethyl adjacent to an activating group) is 1. The molecule has 2 aliphatic heterocycles. The second-order valence-electron chi connectivity index (χ2n) is 5.81. The van der Waals surface area contributed by atoms with Gasteiger partial charge in [0, 0.05) is 32.7 Å². The van der Waals surface area contributed by atoms with E-state index in [1.54, 1.807) is 0 Å². The summed E-state index contributed by atoms with van der Waals surface area (Å²) in [4.78, 5) is 5.28. The second-order valence-corrected chi connectivity index (χ2v) is 5.81. The molecule has 0 radical (unpaired) electrons. The Morgan fingerprint density at radius 2 is 1.53 bits per heavy atom. The molecule has 0 amide bonds. The first-order valence-electron chi connectivity index (χ1n) is 7.43. The van der Waals surface area contributed by atoms with Gasteiger partial charge in [0.1, 0.15) is 0 Å². The first-order valence-corrected chi connectivity index (χ1v) is 7.43. The van der Waals surface area contributed by atoms with Gasteiger partial charge in [-0.25, -0.2) is 0 Å². The quantitative estimate of drug-likeness (QED) is 0.800. The molecule has 17 heavy (non-hydrogen) atoms. The van der Waals surface area contributed by atoms with E-state index in [1.807, 2.05) is 0 Å². The van der Waals surface area contributed by atoms with Gasteiger partial charge in [-0.2, -0.15) is 0 Å². The van der Waals surface area contributed by atoms with E-state index in [2.05, 4.69) is 29.0 Å². The van der Waals surface area contributed by atoms with Gasteiger partial charge in [0.05, 0.1) is 0 Å². The lowest BCUT2D eigenvalue weighted by Gasteiger charge is -2.43. The van der Waals surface area contributed by atoms with Crippen molar-refractivity contribution in [1.82, 2.24) is 15.1 Å². The molecule has 0 saturated carbocycles. The molecule has 0 aromatic heterocycles. The van der Waals surface area contributed by atoms with Crippen LogP contribution in [0.25, 0.3) is 0 Å². The average molecular weight is 239 g/mol. The maximum Gasteiger partial charge on any atom is 0.0110 e. The molecule has 0 spiro atoms. The van der Waals surface area contributed by atoms with Crippen LogP contribution in [0.3, 0.4) is 0 Å². The lowest BCUT2D eigenvalue weighted by Crippen LogP contribution is -2.51. The Hall–Kier alpha value is -0.120. The number of nitrogens with one attached hydrogen (secondary N) is 1. The van der Waals surface area contributed by atoms with Crippen molar-refractivity contribution >= 4 is 0 Å². The summed E-state index contributed by atoms with van der Waals surface area (Å²) in [5, 5.41) is 3.50. The van der Waals surface area contributed by atoms with E-state index in [0.717, 1.165) is 0 Å². The molecule has 3 heteroatoms. The molecule has 0 aromatic carbocycles. The molecule has 100 valence electrons. The van der Waals surface area contributed by atoms with Crippen molar-refractivity contribution in [2.24, 2.45) is 5.41 Å². The summed E-state index contributed by atoms with van der Waals surface area (Å²) in [7, 11) is 0. The van der Waals surface area contributed by atoms with Crippen molar-refractivity contribution in [3.05, 3.63) is 0 Å². The summed E-state index contributed by atoms with van der Waals surface area (Å²) in [6, 6.07) is 0. The number of nitrogens with zero attached hydrogens (tertiary/aromatic N) is 2. The highest BCUT2D eigenvalue weighted by Crippen LogP contribution is 2.33. The third-order valence-corrected chi connectivity index (χ3v) is 4.89. The molecule has 2 rings (SSSR count). The van der Waals surface area contributed by atoms with E-state index in [4.69, 9.17) is 0 Å². The van der Waals surface area contributed by atoms with Crippen LogP contribution in [0, 0.1) is 5.41 Å². The zero-order valence-corrected chi connectivity index (χ0v) is 11.7. The van der Waals surface area contributed by atoms with Gasteiger partial charge >= 0.3 is 0 Å². The lowest BCUT2D eigenvalue weighted by molar-refractivity contribution is 0.0657. The van der Waals surface area contributed by atoms with Crippen LogP contribution in [0.5, 0.6) is 0 Å². The molecule has 0 unspecified atom stereocenters. The Labute approximate surface area is 107 Å². The Bertz CT molecular complexity index is 216. The topological polar surface area (TPSA) is 18.5 Å². The Kier molecular flexibility index (Phi) is 4.83. The minimum Gasteiger partial charge on any atom is -0.317 e. The van der Waals surface area contributed by atoms with Gasteiger partial charge in [0.25, 0.3) is 0 Å². The number of piperidine rings is 1. The van der Waals surface area contributed by atoms with Crippen molar-refractivity contribution in [2.75, 3.05) is 52.4 Å². The van der Waals surface area contributed by atoms with E-state index >= 15 is 0 Å². The van der Waals surface area contributed by atoms with Crippen LogP contribution in [-0.2, 0) is 0 Å². The van der Waals surface area contributed by atoms with Crippen molar-refractivity contribution in [2.45, 2.75) is 33.1 Å². The predicted octanol–water partition coefficient (Wildman–Crippen LogP) is 1.40. The Morgan fingerprint density at radius 1 is 0.941 bits per heavy atom. The van der Waals surface area contributed by atoms with Gasteiger partial charge in [0.15, 0.2) is 0 Å². The largest absolute Gasteiger partial charge is 0.317 e. The molecule has 2 fully saturated rings. The smallest absolute Gasteiger partial charge is 0.0110 e. The average Bonchev–Trinajstić information content (AvgIpc) is 2.41. The first-order chi connectivity index (χ1) is 8.28. The molecule has 3 nitrogen and oxygen atoms in total. The zero-order chi connectivity index (χ0) is 12.1. The fraction of sp³-hybridized carbons (Fsp3) is 1.00. The van der Waals surface area contributed by atoms with Crippen molar-refractivity contribution in [1.29, 1.82) is 0 Å². The Balaban J connectivity index is 1.82. The summed E-state index contributed by atoms with van der Waals surface area (Å²) in [5.74, 6) is 0. The molecular weight excluding hydrogens is 210 g/mol. The van der Waals surface area contributed by atoms with E-state index in [1.165, 1.54) is 71.6 Å². The molecule has 2 heterocycles. The number of hydrogen-bond acceptors (Lipinski definition) is 3. The molecule has 2 saturated heterocycles. The van der Waals surface area contributed by atoms with Crippen LogP contribution in [-0.4, -0.2) is 62.2 Å². The van der Waals surface area contributed by atoms with Gasteiger partial charge in [-0.1, -0.05) is 13.8 Å². The minimum atomic E-state index is 0.611. The Morgan fingerprint density at radius 3 is 2.06 bits per heavy atom. The summed E-state index contributed by atoms with van der Waals surface area (Å²) in [5.41, 5.74) is 0.611. The van der Waals surface area contributed by atoms with Crippen molar-refractivity contribution in [3.8, 4) is 0 Å². The standard InChI is InChI=1S/C14H29N3/c1-3-14(5-7-15-8-6-14)13-17-11-9-16(4-2)10-12-17/h15H,3-13H2,1-2H3. The summed E-state index contributed by atoms with van der Waals surface area (Å²) >= 11 is 0. The van der Waals surface area contributed by atoms with Crippen molar-refractivity contribution in [3.63, 3.8) is 0 Å². The third-order valence-electron chi connectivity index (χ3n) is 4.89. The van der Waals surface area contributed by atoms with E-state index in [0.29, 0.717) is 5.41 Å².